The van der Waals surface area contributed by atoms with E-state index in [-0.39, 0.29) is 0 Å². The second-order valence-electron chi connectivity index (χ2n) is 6.43. The number of fused-ring (bicyclic) bond motifs is 2. The number of hydrogen-bond acceptors (Lipinski definition) is 4. The summed E-state index contributed by atoms with van der Waals surface area (Å²) in [5, 5.41) is 0. The van der Waals surface area contributed by atoms with Gasteiger partial charge < -0.3 is 4.74 Å². The molecular weight excluding hydrogens is 316 g/mol. The molecule has 3 nitrogen and oxygen atoms in total. The molecule has 24 heavy (non-hydrogen) atoms. The maximum atomic E-state index is 5.38. The van der Waals surface area contributed by atoms with Crippen LogP contribution < -0.4 is 4.74 Å². The minimum atomic E-state index is 0.410. The predicted octanol–water partition coefficient (Wildman–Crippen LogP) is 4.47. The molecule has 4 rings (SSSR count). The molecule has 0 N–H and O–H groups in total. The summed E-state index contributed by atoms with van der Waals surface area (Å²) >= 11 is 1.71. The Morgan fingerprint density at radius 3 is 2.75 bits per heavy atom. The first-order valence-corrected chi connectivity index (χ1v) is 9.35. The maximum Gasteiger partial charge on any atom is 0.119 e. The first-order valence-electron chi connectivity index (χ1n) is 8.47. The smallest absolute Gasteiger partial charge is 0.119 e. The number of rotatable bonds is 3. The third-order valence-electron chi connectivity index (χ3n) is 5.13. The first-order chi connectivity index (χ1) is 11.7. The van der Waals surface area contributed by atoms with Gasteiger partial charge in [0.1, 0.15) is 5.75 Å². The maximum absolute atomic E-state index is 5.38. The lowest BCUT2D eigenvalue weighted by Crippen LogP contribution is -2.29. The van der Waals surface area contributed by atoms with Gasteiger partial charge in [0.05, 0.1) is 22.8 Å². The second-order valence-corrected chi connectivity index (χ2v) is 7.31. The van der Waals surface area contributed by atoms with Gasteiger partial charge in [-0.15, -0.1) is 11.3 Å². The van der Waals surface area contributed by atoms with E-state index in [1.54, 1.807) is 18.4 Å². The Labute approximate surface area is 146 Å². The van der Waals surface area contributed by atoms with Crippen LogP contribution in [0.4, 0.5) is 0 Å². The van der Waals surface area contributed by atoms with E-state index in [2.05, 4.69) is 53.2 Å². The zero-order valence-electron chi connectivity index (χ0n) is 14.2. The molecule has 0 unspecified atom stereocenters. The number of benzene rings is 2. The highest BCUT2D eigenvalue weighted by molar-refractivity contribution is 7.16. The molecule has 0 aliphatic carbocycles. The van der Waals surface area contributed by atoms with Crippen molar-refractivity contribution in [3.63, 3.8) is 0 Å². The zero-order valence-corrected chi connectivity index (χ0v) is 15.0. The van der Waals surface area contributed by atoms with E-state index in [1.165, 1.54) is 21.4 Å². The molecular formula is C20H22N2OS. The van der Waals surface area contributed by atoms with E-state index in [0.717, 1.165) is 37.2 Å². The second kappa shape index (κ2) is 6.54. The Morgan fingerprint density at radius 1 is 1.08 bits per heavy atom. The molecule has 2 heterocycles. The van der Waals surface area contributed by atoms with Crippen LogP contribution in [0.1, 0.15) is 29.7 Å². The van der Waals surface area contributed by atoms with Crippen LogP contribution in [0.5, 0.6) is 5.75 Å². The number of ether oxygens (including phenoxy) is 1. The molecule has 1 aliphatic rings. The molecule has 4 heteroatoms. The van der Waals surface area contributed by atoms with Gasteiger partial charge in [-0.1, -0.05) is 12.1 Å². The summed E-state index contributed by atoms with van der Waals surface area (Å²) in [6, 6.07) is 13.6. The lowest BCUT2D eigenvalue weighted by Gasteiger charge is -2.28. The number of nitrogens with zero attached hydrogens (tertiary/aromatic N) is 2. The van der Waals surface area contributed by atoms with E-state index < -0.39 is 0 Å². The van der Waals surface area contributed by atoms with Crippen molar-refractivity contribution in [2.45, 2.75) is 25.8 Å². The van der Waals surface area contributed by atoms with E-state index in [9.17, 15) is 0 Å². The van der Waals surface area contributed by atoms with Crippen LogP contribution in [0.25, 0.3) is 10.2 Å². The van der Waals surface area contributed by atoms with Crippen LogP contribution in [-0.2, 0) is 12.8 Å². The van der Waals surface area contributed by atoms with Gasteiger partial charge in [-0.3, -0.25) is 4.90 Å². The molecule has 0 radical (unpaired) electrons. The highest BCUT2D eigenvalue weighted by Crippen LogP contribution is 2.28. The molecule has 1 aliphatic heterocycles. The lowest BCUT2D eigenvalue weighted by atomic mass is 10.0. The summed E-state index contributed by atoms with van der Waals surface area (Å²) in [5.74, 6) is 0.962. The Hall–Kier alpha value is -1.91. The van der Waals surface area contributed by atoms with Crippen LogP contribution in [0.15, 0.2) is 41.9 Å². The average molecular weight is 338 g/mol. The minimum absolute atomic E-state index is 0.410. The first kappa shape index (κ1) is 15.6. The topological polar surface area (TPSA) is 25.4 Å². The Bertz CT molecular complexity index is 858. The van der Waals surface area contributed by atoms with Crippen molar-refractivity contribution in [2.24, 2.45) is 0 Å². The van der Waals surface area contributed by atoms with Gasteiger partial charge in [-0.05, 0) is 60.7 Å². The van der Waals surface area contributed by atoms with Gasteiger partial charge in [0.25, 0.3) is 0 Å². The van der Waals surface area contributed by atoms with Gasteiger partial charge in [0.15, 0.2) is 0 Å². The molecule has 0 fully saturated rings. The van der Waals surface area contributed by atoms with Gasteiger partial charge in [-0.2, -0.15) is 0 Å². The third kappa shape index (κ3) is 2.92. The largest absolute Gasteiger partial charge is 0.497 e. The fourth-order valence-electron chi connectivity index (χ4n) is 3.58. The molecule has 124 valence electrons. The molecule has 1 aromatic heterocycles. The highest BCUT2D eigenvalue weighted by atomic mass is 32.1. The van der Waals surface area contributed by atoms with E-state index >= 15 is 0 Å². The summed E-state index contributed by atoms with van der Waals surface area (Å²) in [7, 11) is 1.74. The molecule has 0 saturated carbocycles. The van der Waals surface area contributed by atoms with E-state index in [4.69, 9.17) is 4.74 Å². The zero-order chi connectivity index (χ0) is 16.5. The molecule has 0 spiro atoms. The van der Waals surface area contributed by atoms with Crippen LogP contribution >= 0.6 is 11.3 Å². The van der Waals surface area contributed by atoms with Crippen LogP contribution in [0.2, 0.25) is 0 Å². The van der Waals surface area contributed by atoms with Gasteiger partial charge >= 0.3 is 0 Å². The number of thiazole rings is 1. The summed E-state index contributed by atoms with van der Waals surface area (Å²) in [6.07, 6.45) is 2.18. The van der Waals surface area contributed by atoms with Gasteiger partial charge in [0, 0.05) is 19.1 Å². The van der Waals surface area contributed by atoms with Crippen molar-refractivity contribution in [1.82, 2.24) is 9.88 Å². The fourth-order valence-corrected chi connectivity index (χ4v) is 4.24. The summed E-state index contributed by atoms with van der Waals surface area (Å²) in [5.41, 5.74) is 7.29. The SMILES string of the molecule is COc1ccc2c(c1)CCN([C@H](C)c1ccc3scnc3c1)CC2. The quantitative estimate of drug-likeness (QED) is 0.705. The number of hydrogen-bond donors (Lipinski definition) is 0. The molecule has 1 atom stereocenters. The molecule has 3 aromatic rings. The number of methoxy groups -OCH3 is 1. The molecule has 2 aromatic carbocycles. The average Bonchev–Trinajstić information content (AvgIpc) is 2.99. The van der Waals surface area contributed by atoms with Crippen molar-refractivity contribution in [2.75, 3.05) is 20.2 Å². The van der Waals surface area contributed by atoms with Crippen molar-refractivity contribution >= 4 is 21.6 Å². The normalized spacial score (nSPS) is 16.6. The summed E-state index contributed by atoms with van der Waals surface area (Å²) < 4.78 is 6.64. The monoisotopic (exact) mass is 338 g/mol. The lowest BCUT2D eigenvalue weighted by molar-refractivity contribution is 0.221. The molecule has 0 bridgehead atoms. The van der Waals surface area contributed by atoms with Crippen molar-refractivity contribution < 1.29 is 4.74 Å². The molecule has 0 saturated heterocycles. The van der Waals surface area contributed by atoms with Crippen LogP contribution in [0, 0.1) is 0 Å². The van der Waals surface area contributed by atoms with Crippen LogP contribution in [0.3, 0.4) is 0 Å². The van der Waals surface area contributed by atoms with Crippen molar-refractivity contribution in [1.29, 1.82) is 0 Å². The fraction of sp³-hybridized carbons (Fsp3) is 0.350. The Kier molecular flexibility index (Phi) is 4.25. The van der Waals surface area contributed by atoms with Gasteiger partial charge in [0.2, 0.25) is 0 Å². The Morgan fingerprint density at radius 2 is 1.92 bits per heavy atom. The standard InChI is InChI=1S/C20H22N2OS/c1-14(16-4-6-20-19(12-16)21-13-24-20)22-9-7-15-3-5-18(23-2)11-17(15)8-10-22/h3-6,11-14H,7-10H2,1-2H3/t14-/m1/s1. The third-order valence-corrected chi connectivity index (χ3v) is 5.94. The van der Waals surface area contributed by atoms with E-state index in [1.807, 2.05) is 5.51 Å². The number of aromatic nitrogens is 1. The summed E-state index contributed by atoms with van der Waals surface area (Å²) in [6.45, 7) is 4.48. The van der Waals surface area contributed by atoms with Crippen molar-refractivity contribution in [3.8, 4) is 5.75 Å². The highest BCUT2D eigenvalue weighted by Gasteiger charge is 2.20. The molecule has 0 amide bonds. The predicted molar refractivity (Wildman–Crippen MR) is 100 cm³/mol. The van der Waals surface area contributed by atoms with E-state index in [0.29, 0.717) is 6.04 Å². The minimum Gasteiger partial charge on any atom is -0.497 e. The van der Waals surface area contributed by atoms with Crippen LogP contribution in [-0.4, -0.2) is 30.1 Å². The van der Waals surface area contributed by atoms with Gasteiger partial charge in [-0.25, -0.2) is 4.98 Å². The summed E-state index contributed by atoms with van der Waals surface area (Å²) in [4.78, 5) is 7.05. The Balaban J connectivity index is 1.54. The van der Waals surface area contributed by atoms with Crippen molar-refractivity contribution in [3.05, 3.63) is 58.6 Å².